The first-order chi connectivity index (χ1) is 13.9. The maximum absolute atomic E-state index is 12.8. The van der Waals surface area contributed by atoms with Crippen LogP contribution >= 0.6 is 0 Å². The fourth-order valence-corrected chi connectivity index (χ4v) is 3.06. The zero-order valence-electron chi connectivity index (χ0n) is 16.9. The van der Waals surface area contributed by atoms with Gasteiger partial charge in [0.15, 0.2) is 11.6 Å². The summed E-state index contributed by atoms with van der Waals surface area (Å²) >= 11 is 0. The average molecular weight is 393 g/mol. The molecule has 0 radical (unpaired) electrons. The minimum absolute atomic E-state index is 0.0184. The zero-order valence-corrected chi connectivity index (χ0v) is 16.9. The molecule has 0 saturated carbocycles. The number of ketones is 1. The van der Waals surface area contributed by atoms with E-state index < -0.39 is 5.97 Å². The van der Waals surface area contributed by atoms with Gasteiger partial charge in [-0.15, -0.1) is 0 Å². The number of aromatic nitrogens is 3. The Balaban J connectivity index is 1.86. The smallest absolute Gasteiger partial charge is 0.341 e. The predicted octanol–water partition coefficient (Wildman–Crippen LogP) is 3.96. The predicted molar refractivity (Wildman–Crippen MR) is 108 cm³/mol. The number of Topliss-reactive ketones (excluding diaryl/α,β-unsaturated/α-hetero) is 1. The van der Waals surface area contributed by atoms with Gasteiger partial charge >= 0.3 is 5.97 Å². The first-order valence-corrected chi connectivity index (χ1v) is 9.26. The van der Waals surface area contributed by atoms with Crippen LogP contribution in [-0.4, -0.2) is 33.6 Å². The van der Waals surface area contributed by atoms with Gasteiger partial charge in [0.05, 0.1) is 19.0 Å². The summed E-state index contributed by atoms with van der Waals surface area (Å²) < 4.78 is 12.5. The Morgan fingerprint density at radius 2 is 1.97 bits per heavy atom. The molecule has 150 valence electrons. The standard InChI is InChI=1S/C22H23N3O4/c1-14(2)21-18(12-24-25(21)20-7-5-6-10-23-20)22(27)29-13-17-11-16(15(3)26)8-9-19(17)28-4/h5-12,14H,13H2,1-4H3. The summed E-state index contributed by atoms with van der Waals surface area (Å²) in [6.07, 6.45) is 3.17. The van der Waals surface area contributed by atoms with E-state index in [-0.39, 0.29) is 18.3 Å². The molecule has 1 aromatic carbocycles. The third-order valence-electron chi connectivity index (χ3n) is 4.49. The van der Waals surface area contributed by atoms with E-state index in [1.54, 1.807) is 29.1 Å². The molecule has 2 heterocycles. The molecule has 0 unspecified atom stereocenters. The van der Waals surface area contributed by atoms with Crippen LogP contribution in [0.2, 0.25) is 0 Å². The third-order valence-corrected chi connectivity index (χ3v) is 4.49. The van der Waals surface area contributed by atoms with E-state index in [9.17, 15) is 9.59 Å². The van der Waals surface area contributed by atoms with Gasteiger partial charge in [-0.05, 0) is 43.2 Å². The lowest BCUT2D eigenvalue weighted by atomic mass is 10.1. The summed E-state index contributed by atoms with van der Waals surface area (Å²) in [6, 6.07) is 10.6. The van der Waals surface area contributed by atoms with Crippen LogP contribution in [0, 0.1) is 0 Å². The Hall–Kier alpha value is -3.48. The van der Waals surface area contributed by atoms with Gasteiger partial charge in [0.1, 0.15) is 17.9 Å². The number of rotatable bonds is 7. The lowest BCUT2D eigenvalue weighted by Gasteiger charge is -2.13. The molecule has 0 aliphatic heterocycles. The first kappa shape index (κ1) is 20.3. The molecule has 0 fully saturated rings. The van der Waals surface area contributed by atoms with Crippen LogP contribution in [0.1, 0.15) is 58.7 Å². The maximum atomic E-state index is 12.8. The molecule has 7 nitrogen and oxygen atoms in total. The molecule has 7 heteroatoms. The van der Waals surface area contributed by atoms with Crippen molar-refractivity contribution in [3.05, 3.63) is 71.2 Å². The van der Waals surface area contributed by atoms with E-state index >= 15 is 0 Å². The lowest BCUT2D eigenvalue weighted by molar-refractivity contribution is 0.0468. The van der Waals surface area contributed by atoms with E-state index in [0.717, 1.165) is 5.69 Å². The topological polar surface area (TPSA) is 83.3 Å². The van der Waals surface area contributed by atoms with Gasteiger partial charge in [0, 0.05) is 17.3 Å². The first-order valence-electron chi connectivity index (χ1n) is 9.26. The van der Waals surface area contributed by atoms with E-state index in [0.29, 0.717) is 28.3 Å². The molecule has 2 aromatic heterocycles. The lowest BCUT2D eigenvalue weighted by Crippen LogP contribution is -2.12. The molecule has 0 atom stereocenters. The highest BCUT2D eigenvalue weighted by Crippen LogP contribution is 2.25. The summed E-state index contributed by atoms with van der Waals surface area (Å²) in [4.78, 5) is 28.8. The Labute approximate surface area is 169 Å². The number of benzene rings is 1. The molecule has 3 aromatic rings. The van der Waals surface area contributed by atoms with Crippen molar-refractivity contribution in [2.24, 2.45) is 0 Å². The van der Waals surface area contributed by atoms with Crippen LogP contribution in [0.5, 0.6) is 5.75 Å². The molecule has 29 heavy (non-hydrogen) atoms. The molecule has 0 aliphatic carbocycles. The molecular formula is C22H23N3O4. The average Bonchev–Trinajstić information content (AvgIpc) is 3.18. The summed E-state index contributed by atoms with van der Waals surface area (Å²) in [5.41, 5.74) is 2.25. The van der Waals surface area contributed by atoms with Crippen molar-refractivity contribution in [1.29, 1.82) is 0 Å². The van der Waals surface area contributed by atoms with Gasteiger partial charge in [-0.3, -0.25) is 4.79 Å². The molecule has 0 N–H and O–H groups in total. The van der Waals surface area contributed by atoms with E-state index in [1.165, 1.54) is 20.2 Å². The fraction of sp³-hybridized carbons (Fsp3) is 0.273. The second-order valence-corrected chi connectivity index (χ2v) is 6.86. The van der Waals surface area contributed by atoms with Crippen LogP contribution in [-0.2, 0) is 11.3 Å². The van der Waals surface area contributed by atoms with Crippen molar-refractivity contribution in [1.82, 2.24) is 14.8 Å². The molecule has 0 spiro atoms. The number of hydrogen-bond acceptors (Lipinski definition) is 6. The number of esters is 1. The van der Waals surface area contributed by atoms with E-state index in [4.69, 9.17) is 9.47 Å². The van der Waals surface area contributed by atoms with Crippen molar-refractivity contribution in [3.8, 4) is 11.6 Å². The van der Waals surface area contributed by atoms with Gasteiger partial charge < -0.3 is 9.47 Å². The highest BCUT2D eigenvalue weighted by atomic mass is 16.5. The van der Waals surface area contributed by atoms with Crippen molar-refractivity contribution in [2.75, 3.05) is 7.11 Å². The Bertz CT molecular complexity index is 1030. The summed E-state index contributed by atoms with van der Waals surface area (Å²) in [5, 5.41) is 4.34. The number of carbonyl (C=O) groups is 2. The van der Waals surface area contributed by atoms with Gasteiger partial charge in [0.25, 0.3) is 0 Å². The molecule has 3 rings (SSSR count). The van der Waals surface area contributed by atoms with Gasteiger partial charge in [0.2, 0.25) is 0 Å². The minimum atomic E-state index is -0.494. The van der Waals surface area contributed by atoms with Crippen molar-refractivity contribution in [3.63, 3.8) is 0 Å². The van der Waals surface area contributed by atoms with Crippen LogP contribution in [0.4, 0.5) is 0 Å². The molecule has 0 aliphatic rings. The summed E-state index contributed by atoms with van der Waals surface area (Å²) in [7, 11) is 1.53. The van der Waals surface area contributed by atoms with Crippen molar-refractivity contribution in [2.45, 2.75) is 33.3 Å². The third kappa shape index (κ3) is 4.34. The van der Waals surface area contributed by atoms with Crippen LogP contribution in [0.25, 0.3) is 5.82 Å². The largest absolute Gasteiger partial charge is 0.496 e. The summed E-state index contributed by atoms with van der Waals surface area (Å²) in [5.74, 6) is 0.643. The quantitative estimate of drug-likeness (QED) is 0.446. The second-order valence-electron chi connectivity index (χ2n) is 6.86. The number of carbonyl (C=O) groups excluding carboxylic acids is 2. The monoisotopic (exact) mass is 393 g/mol. The van der Waals surface area contributed by atoms with Gasteiger partial charge in [-0.25, -0.2) is 14.5 Å². The molecule has 0 saturated heterocycles. The number of nitrogens with zero attached hydrogens (tertiary/aromatic N) is 3. The van der Waals surface area contributed by atoms with Crippen LogP contribution in [0.15, 0.2) is 48.8 Å². The summed E-state index contributed by atoms with van der Waals surface area (Å²) in [6.45, 7) is 5.42. The Morgan fingerprint density at radius 3 is 2.59 bits per heavy atom. The Kier molecular flexibility index (Phi) is 6.07. The minimum Gasteiger partial charge on any atom is -0.496 e. The van der Waals surface area contributed by atoms with E-state index in [2.05, 4.69) is 10.1 Å². The van der Waals surface area contributed by atoms with Crippen LogP contribution < -0.4 is 4.74 Å². The van der Waals surface area contributed by atoms with E-state index in [1.807, 2.05) is 32.0 Å². The SMILES string of the molecule is COc1ccc(C(C)=O)cc1COC(=O)c1cnn(-c2ccccn2)c1C(C)C. The molecular weight excluding hydrogens is 370 g/mol. The highest BCUT2D eigenvalue weighted by Gasteiger charge is 2.23. The number of ether oxygens (including phenoxy) is 2. The van der Waals surface area contributed by atoms with Crippen molar-refractivity contribution < 1.29 is 19.1 Å². The van der Waals surface area contributed by atoms with Crippen LogP contribution in [0.3, 0.4) is 0 Å². The molecule has 0 amide bonds. The zero-order chi connectivity index (χ0) is 21.0. The highest BCUT2D eigenvalue weighted by molar-refractivity contribution is 5.94. The normalized spacial score (nSPS) is 10.8. The number of methoxy groups -OCH3 is 1. The Morgan fingerprint density at radius 1 is 1.17 bits per heavy atom. The fourth-order valence-electron chi connectivity index (χ4n) is 3.06. The van der Waals surface area contributed by atoms with Gasteiger partial charge in [-0.1, -0.05) is 19.9 Å². The maximum Gasteiger partial charge on any atom is 0.341 e. The van der Waals surface area contributed by atoms with Gasteiger partial charge in [-0.2, -0.15) is 5.10 Å². The number of hydrogen-bond donors (Lipinski definition) is 0. The second kappa shape index (κ2) is 8.68. The van der Waals surface area contributed by atoms with Crippen molar-refractivity contribution >= 4 is 11.8 Å². The molecule has 0 bridgehead atoms. The number of pyridine rings is 1.